The van der Waals surface area contributed by atoms with Crippen molar-refractivity contribution in [1.29, 1.82) is 5.41 Å². The molecule has 172 valence electrons. The van der Waals surface area contributed by atoms with Crippen molar-refractivity contribution in [3.8, 4) is 0 Å². The van der Waals surface area contributed by atoms with E-state index in [4.69, 9.17) is 16.9 Å². The predicted octanol–water partition coefficient (Wildman–Crippen LogP) is 2.40. The van der Waals surface area contributed by atoms with Gasteiger partial charge in [0.15, 0.2) is 5.96 Å². The first-order valence-corrected chi connectivity index (χ1v) is 10.9. The molecule has 2 aromatic rings. The minimum atomic E-state index is -4.82. The number of aryl methyl sites for hydroxylation is 1. The summed E-state index contributed by atoms with van der Waals surface area (Å²) in [5.74, 6) is -0.296. The molecule has 0 unspecified atom stereocenters. The molecule has 0 saturated heterocycles. The van der Waals surface area contributed by atoms with Crippen LogP contribution in [0.25, 0.3) is 0 Å². The molecule has 2 amide bonds. The topological polar surface area (TPSA) is 167 Å². The third-order valence-corrected chi connectivity index (χ3v) is 5.33. The van der Waals surface area contributed by atoms with Gasteiger partial charge in [-0.1, -0.05) is 12.1 Å². The van der Waals surface area contributed by atoms with Gasteiger partial charge >= 0.3 is 16.3 Å². The summed E-state index contributed by atoms with van der Waals surface area (Å²) >= 11 is 0. The monoisotopic (exact) mass is 463 g/mol. The van der Waals surface area contributed by atoms with Crippen LogP contribution in [0.4, 0.5) is 20.1 Å². The zero-order chi connectivity index (χ0) is 24.1. The molecule has 0 radical (unpaired) electrons. The number of hydrogen-bond donors (Lipinski definition) is 5. The highest BCUT2D eigenvalue weighted by Gasteiger charge is 2.17. The molecule has 0 bridgehead atoms. The Morgan fingerprint density at radius 1 is 1.19 bits per heavy atom. The molecule has 0 aliphatic heterocycles. The molecule has 0 saturated carbocycles. The lowest BCUT2D eigenvalue weighted by molar-refractivity contribution is 0.251. The van der Waals surface area contributed by atoms with Crippen molar-refractivity contribution in [3.63, 3.8) is 0 Å². The van der Waals surface area contributed by atoms with Crippen molar-refractivity contribution >= 4 is 39.5 Å². The lowest BCUT2D eigenvalue weighted by Gasteiger charge is -2.27. The van der Waals surface area contributed by atoms with E-state index in [0.717, 1.165) is 11.6 Å². The minimum Gasteiger partial charge on any atom is -0.370 e. The molecule has 7 N–H and O–H groups in total. The molecule has 12 heteroatoms. The maximum Gasteiger partial charge on any atom is 0.332 e. The number of carbonyl (C=O) groups excluding carboxylic acids is 1. The first-order valence-electron chi connectivity index (χ1n) is 9.55. The summed E-state index contributed by atoms with van der Waals surface area (Å²) in [5, 5.41) is 13.3. The van der Waals surface area contributed by atoms with Gasteiger partial charge in [-0.15, -0.1) is 3.89 Å². The number of guanidine groups is 2. The van der Waals surface area contributed by atoms with Crippen LogP contribution in [0.2, 0.25) is 0 Å². The zero-order valence-electron chi connectivity index (χ0n) is 17.9. The van der Waals surface area contributed by atoms with Crippen molar-refractivity contribution < 1.29 is 17.1 Å². The second-order valence-electron chi connectivity index (χ2n) is 7.22. The molecular formula is C20H26FN7O3S. The van der Waals surface area contributed by atoms with Crippen LogP contribution >= 0.6 is 0 Å². The molecule has 0 aliphatic rings. The van der Waals surface area contributed by atoms with Crippen LogP contribution in [0, 0.1) is 12.3 Å². The van der Waals surface area contributed by atoms with E-state index >= 15 is 0 Å². The SMILES string of the molecule is Cc1cc(NC(=O)NCc2ccc(N(C(=N)N=C(N)N)C(C)C)cc2)ccc1S(=O)(=O)F. The molecular weight excluding hydrogens is 437 g/mol. The maximum atomic E-state index is 13.1. The van der Waals surface area contributed by atoms with E-state index in [-0.39, 0.29) is 30.1 Å². The molecule has 32 heavy (non-hydrogen) atoms. The van der Waals surface area contributed by atoms with E-state index < -0.39 is 21.1 Å². The van der Waals surface area contributed by atoms with E-state index in [1.165, 1.54) is 19.1 Å². The molecule has 0 heterocycles. The molecule has 0 atom stereocenters. The summed E-state index contributed by atoms with van der Waals surface area (Å²) in [6.07, 6.45) is 0. The number of halogens is 1. The van der Waals surface area contributed by atoms with Gasteiger partial charge in [-0.3, -0.25) is 5.41 Å². The molecule has 2 aromatic carbocycles. The van der Waals surface area contributed by atoms with Crippen molar-refractivity contribution in [1.82, 2.24) is 5.32 Å². The van der Waals surface area contributed by atoms with Crippen molar-refractivity contribution in [3.05, 3.63) is 53.6 Å². The van der Waals surface area contributed by atoms with Crippen molar-refractivity contribution in [2.45, 2.75) is 38.3 Å². The van der Waals surface area contributed by atoms with Crippen LogP contribution in [-0.2, 0) is 16.8 Å². The zero-order valence-corrected chi connectivity index (χ0v) is 18.7. The van der Waals surface area contributed by atoms with Crippen LogP contribution in [0.15, 0.2) is 52.4 Å². The number of rotatable bonds is 6. The molecule has 2 rings (SSSR count). The number of urea groups is 1. The van der Waals surface area contributed by atoms with Gasteiger partial charge in [0.25, 0.3) is 0 Å². The molecule has 0 spiro atoms. The minimum absolute atomic E-state index is 0.0671. The highest BCUT2D eigenvalue weighted by molar-refractivity contribution is 7.86. The lowest BCUT2D eigenvalue weighted by Crippen LogP contribution is -2.38. The Hall–Kier alpha value is -3.67. The van der Waals surface area contributed by atoms with Gasteiger partial charge in [0, 0.05) is 24.0 Å². The fourth-order valence-electron chi connectivity index (χ4n) is 2.97. The fraction of sp³-hybridized carbons (Fsp3) is 0.250. The highest BCUT2D eigenvalue weighted by atomic mass is 32.3. The van der Waals surface area contributed by atoms with E-state index in [2.05, 4.69) is 15.6 Å². The van der Waals surface area contributed by atoms with Gasteiger partial charge in [0.1, 0.15) is 4.90 Å². The summed E-state index contributed by atoms with van der Waals surface area (Å²) in [5.41, 5.74) is 12.7. The van der Waals surface area contributed by atoms with Crippen LogP contribution in [0.3, 0.4) is 0 Å². The quantitative estimate of drug-likeness (QED) is 0.250. The summed E-state index contributed by atoms with van der Waals surface area (Å²) in [7, 11) is -4.82. The van der Waals surface area contributed by atoms with Crippen molar-refractivity contribution in [2.75, 3.05) is 10.2 Å². The summed E-state index contributed by atoms with van der Waals surface area (Å²) in [6.45, 7) is 5.45. The van der Waals surface area contributed by atoms with Gasteiger partial charge in [0.05, 0.1) is 0 Å². The normalized spacial score (nSPS) is 11.0. The molecule has 0 aliphatic carbocycles. The van der Waals surface area contributed by atoms with Gasteiger partial charge in [0.2, 0.25) is 5.96 Å². The number of aliphatic imine (C=N–C) groups is 1. The second kappa shape index (κ2) is 10.1. The number of anilines is 2. The number of benzene rings is 2. The maximum absolute atomic E-state index is 13.1. The van der Waals surface area contributed by atoms with Crippen LogP contribution in [-0.4, -0.2) is 32.4 Å². The third-order valence-electron chi connectivity index (χ3n) is 4.34. The van der Waals surface area contributed by atoms with E-state index in [9.17, 15) is 17.1 Å². The Balaban J connectivity index is 2.01. The Kier molecular flexibility index (Phi) is 7.76. The van der Waals surface area contributed by atoms with E-state index in [1.54, 1.807) is 29.2 Å². The third kappa shape index (κ3) is 6.67. The average Bonchev–Trinajstić information content (AvgIpc) is 2.65. The summed E-state index contributed by atoms with van der Waals surface area (Å²) in [6, 6.07) is 10.3. The molecule has 0 aromatic heterocycles. The number of carbonyl (C=O) groups is 1. The van der Waals surface area contributed by atoms with Gasteiger partial charge in [-0.2, -0.15) is 13.4 Å². The Morgan fingerprint density at radius 3 is 2.31 bits per heavy atom. The Labute approximate surface area is 186 Å². The van der Waals surface area contributed by atoms with E-state index in [1.807, 2.05) is 13.8 Å². The van der Waals surface area contributed by atoms with Gasteiger partial charge in [-0.25, -0.2) is 4.79 Å². The standard InChI is InChI=1S/C20H26FN7O3S/c1-12(2)28(19(24)27-18(22)23)16-7-4-14(5-8-16)11-25-20(29)26-15-6-9-17(13(3)10-15)32(21,30)31/h4-10,12H,11H2,1-3H3,(H2,25,26,29)(H5,22,23,24,27). The number of nitrogens with zero attached hydrogens (tertiary/aromatic N) is 2. The van der Waals surface area contributed by atoms with E-state index in [0.29, 0.717) is 11.4 Å². The number of amides is 2. The van der Waals surface area contributed by atoms with Gasteiger partial charge < -0.3 is 27.0 Å². The molecule has 0 fully saturated rings. The largest absolute Gasteiger partial charge is 0.370 e. The lowest BCUT2D eigenvalue weighted by atomic mass is 10.1. The Bertz CT molecular complexity index is 1130. The second-order valence-corrected chi connectivity index (χ2v) is 8.53. The molecule has 10 nitrogen and oxygen atoms in total. The average molecular weight is 464 g/mol. The Morgan fingerprint density at radius 2 is 1.81 bits per heavy atom. The fourth-order valence-corrected chi connectivity index (χ4v) is 3.65. The number of nitrogens with one attached hydrogen (secondary N) is 3. The first kappa shape index (κ1) is 24.6. The van der Waals surface area contributed by atoms with Crippen LogP contribution in [0.1, 0.15) is 25.0 Å². The summed E-state index contributed by atoms with van der Waals surface area (Å²) < 4.78 is 35.2. The number of nitrogens with two attached hydrogens (primary N) is 2. The first-order chi connectivity index (χ1) is 14.9. The predicted molar refractivity (Wildman–Crippen MR) is 123 cm³/mol. The summed E-state index contributed by atoms with van der Waals surface area (Å²) in [4.78, 5) is 17.1. The van der Waals surface area contributed by atoms with Gasteiger partial charge in [-0.05, 0) is 62.2 Å². The highest BCUT2D eigenvalue weighted by Crippen LogP contribution is 2.21. The smallest absolute Gasteiger partial charge is 0.332 e. The van der Waals surface area contributed by atoms with Crippen molar-refractivity contribution in [2.24, 2.45) is 16.5 Å². The number of hydrogen-bond acceptors (Lipinski definition) is 4. The van der Waals surface area contributed by atoms with Crippen LogP contribution < -0.4 is 27.0 Å². The van der Waals surface area contributed by atoms with Crippen LogP contribution in [0.5, 0.6) is 0 Å².